The first-order valence-corrected chi connectivity index (χ1v) is 10.5. The van der Waals surface area contributed by atoms with Crippen molar-refractivity contribution in [2.45, 2.75) is 6.92 Å². The SMILES string of the molecule is Cc1nc(-c2ccc(-c3ccccc3)cc2)nc(-c2ccc3oc4ccccc4c3c2)n1. The summed E-state index contributed by atoms with van der Waals surface area (Å²) in [5.74, 6) is 2.02. The molecule has 0 amide bonds. The Morgan fingerprint density at radius 3 is 1.91 bits per heavy atom. The van der Waals surface area contributed by atoms with Gasteiger partial charge in [-0.15, -0.1) is 0 Å². The Hall–Kier alpha value is -4.31. The molecule has 0 atom stereocenters. The number of hydrogen-bond donors (Lipinski definition) is 0. The average molecular weight is 413 g/mol. The Morgan fingerprint density at radius 2 is 1.09 bits per heavy atom. The van der Waals surface area contributed by atoms with Gasteiger partial charge in [0, 0.05) is 21.9 Å². The van der Waals surface area contributed by atoms with Crippen molar-refractivity contribution >= 4 is 21.9 Å². The van der Waals surface area contributed by atoms with Crippen LogP contribution in [0.2, 0.25) is 0 Å². The minimum absolute atomic E-state index is 0.659. The molecule has 0 fully saturated rings. The van der Waals surface area contributed by atoms with Gasteiger partial charge in [-0.2, -0.15) is 0 Å². The summed E-state index contributed by atoms with van der Waals surface area (Å²) in [5, 5.41) is 2.15. The highest BCUT2D eigenvalue weighted by molar-refractivity contribution is 6.06. The second-order valence-corrected chi connectivity index (χ2v) is 7.78. The van der Waals surface area contributed by atoms with Crippen molar-refractivity contribution in [2.75, 3.05) is 0 Å². The zero-order chi connectivity index (χ0) is 21.5. The van der Waals surface area contributed by atoms with Crippen LogP contribution in [0.3, 0.4) is 0 Å². The number of fused-ring (bicyclic) bond motifs is 3. The lowest BCUT2D eigenvalue weighted by molar-refractivity contribution is 0.669. The van der Waals surface area contributed by atoms with Gasteiger partial charge in [0.25, 0.3) is 0 Å². The van der Waals surface area contributed by atoms with E-state index in [-0.39, 0.29) is 0 Å². The minimum Gasteiger partial charge on any atom is -0.456 e. The maximum Gasteiger partial charge on any atom is 0.163 e. The van der Waals surface area contributed by atoms with Gasteiger partial charge in [0.15, 0.2) is 11.6 Å². The molecule has 4 heteroatoms. The Labute approximate surface area is 185 Å². The molecule has 6 rings (SSSR count). The molecular formula is C28H19N3O. The number of aryl methyl sites for hydroxylation is 1. The standard InChI is InChI=1S/C28H19N3O/c1-18-29-27(21-13-11-20(12-14-21)19-7-3-2-4-8-19)31-28(30-18)22-15-16-26-24(17-22)23-9-5-6-10-25(23)32-26/h2-17H,1H3. The Kier molecular flexibility index (Phi) is 4.29. The molecule has 4 aromatic carbocycles. The van der Waals surface area contributed by atoms with Crippen LogP contribution in [0.1, 0.15) is 5.82 Å². The lowest BCUT2D eigenvalue weighted by Crippen LogP contribution is -1.99. The third-order valence-electron chi connectivity index (χ3n) is 5.63. The van der Waals surface area contributed by atoms with E-state index < -0.39 is 0 Å². The topological polar surface area (TPSA) is 51.8 Å². The Morgan fingerprint density at radius 1 is 0.500 bits per heavy atom. The van der Waals surface area contributed by atoms with Gasteiger partial charge in [0.2, 0.25) is 0 Å². The van der Waals surface area contributed by atoms with E-state index in [0.717, 1.165) is 38.6 Å². The van der Waals surface area contributed by atoms with Crippen LogP contribution >= 0.6 is 0 Å². The number of para-hydroxylation sites is 1. The normalized spacial score (nSPS) is 11.3. The van der Waals surface area contributed by atoms with Gasteiger partial charge in [0.1, 0.15) is 17.0 Å². The second-order valence-electron chi connectivity index (χ2n) is 7.78. The molecule has 0 aliphatic heterocycles. The van der Waals surface area contributed by atoms with Crippen LogP contribution in [0, 0.1) is 6.92 Å². The van der Waals surface area contributed by atoms with Gasteiger partial charge in [-0.05, 0) is 42.3 Å². The van der Waals surface area contributed by atoms with Crippen LogP contribution in [-0.4, -0.2) is 15.0 Å². The van der Waals surface area contributed by atoms with Gasteiger partial charge in [0.05, 0.1) is 0 Å². The van der Waals surface area contributed by atoms with Crippen molar-refractivity contribution in [1.82, 2.24) is 15.0 Å². The fraction of sp³-hybridized carbons (Fsp3) is 0.0357. The fourth-order valence-electron chi connectivity index (χ4n) is 4.05. The molecule has 2 heterocycles. The van der Waals surface area contributed by atoms with E-state index in [9.17, 15) is 0 Å². The number of hydrogen-bond acceptors (Lipinski definition) is 4. The third-order valence-corrected chi connectivity index (χ3v) is 5.63. The predicted molar refractivity (Wildman–Crippen MR) is 128 cm³/mol. The molecule has 0 unspecified atom stereocenters. The molecule has 0 bridgehead atoms. The molecule has 0 aliphatic rings. The number of furan rings is 1. The highest BCUT2D eigenvalue weighted by Gasteiger charge is 2.12. The highest BCUT2D eigenvalue weighted by Crippen LogP contribution is 2.32. The van der Waals surface area contributed by atoms with Crippen LogP contribution in [0.25, 0.3) is 55.8 Å². The predicted octanol–water partition coefficient (Wildman–Crippen LogP) is 7.08. The summed E-state index contributed by atoms with van der Waals surface area (Å²) in [4.78, 5) is 14.0. The first-order valence-electron chi connectivity index (χ1n) is 10.5. The molecule has 32 heavy (non-hydrogen) atoms. The maximum absolute atomic E-state index is 5.95. The van der Waals surface area contributed by atoms with Crippen molar-refractivity contribution in [3.8, 4) is 33.9 Å². The van der Waals surface area contributed by atoms with E-state index in [2.05, 4.69) is 58.5 Å². The van der Waals surface area contributed by atoms with Gasteiger partial charge < -0.3 is 4.42 Å². The summed E-state index contributed by atoms with van der Waals surface area (Å²) in [5.41, 5.74) is 6.00. The van der Waals surface area contributed by atoms with Gasteiger partial charge >= 0.3 is 0 Å². The van der Waals surface area contributed by atoms with Crippen LogP contribution in [0.5, 0.6) is 0 Å². The molecule has 0 saturated carbocycles. The Bertz CT molecular complexity index is 1570. The number of nitrogens with zero attached hydrogens (tertiary/aromatic N) is 3. The third kappa shape index (κ3) is 3.22. The van der Waals surface area contributed by atoms with E-state index in [1.165, 1.54) is 5.56 Å². The van der Waals surface area contributed by atoms with Gasteiger partial charge in [-0.1, -0.05) is 72.8 Å². The first kappa shape index (κ1) is 18.5. The molecule has 152 valence electrons. The van der Waals surface area contributed by atoms with E-state index in [1.807, 2.05) is 55.5 Å². The van der Waals surface area contributed by atoms with Crippen molar-refractivity contribution in [2.24, 2.45) is 0 Å². The van der Waals surface area contributed by atoms with Crippen LogP contribution < -0.4 is 0 Å². The van der Waals surface area contributed by atoms with Crippen molar-refractivity contribution in [3.63, 3.8) is 0 Å². The summed E-state index contributed by atoms with van der Waals surface area (Å²) >= 11 is 0. The summed E-state index contributed by atoms with van der Waals surface area (Å²) in [6.07, 6.45) is 0. The van der Waals surface area contributed by atoms with Crippen molar-refractivity contribution in [1.29, 1.82) is 0 Å². The molecule has 2 aromatic heterocycles. The molecule has 4 nitrogen and oxygen atoms in total. The highest BCUT2D eigenvalue weighted by atomic mass is 16.3. The Balaban J connectivity index is 1.42. The van der Waals surface area contributed by atoms with E-state index >= 15 is 0 Å². The molecular weight excluding hydrogens is 394 g/mol. The number of benzene rings is 4. The summed E-state index contributed by atoms with van der Waals surface area (Å²) in [6, 6.07) is 32.8. The zero-order valence-corrected chi connectivity index (χ0v) is 17.5. The molecule has 0 radical (unpaired) electrons. The van der Waals surface area contributed by atoms with E-state index in [0.29, 0.717) is 17.5 Å². The monoisotopic (exact) mass is 413 g/mol. The summed E-state index contributed by atoms with van der Waals surface area (Å²) < 4.78 is 5.95. The van der Waals surface area contributed by atoms with Crippen LogP contribution in [-0.2, 0) is 0 Å². The minimum atomic E-state index is 0.659. The second kappa shape index (κ2) is 7.43. The molecule has 6 aromatic rings. The van der Waals surface area contributed by atoms with E-state index in [4.69, 9.17) is 9.40 Å². The summed E-state index contributed by atoms with van der Waals surface area (Å²) in [7, 11) is 0. The van der Waals surface area contributed by atoms with Crippen molar-refractivity contribution < 1.29 is 4.42 Å². The quantitative estimate of drug-likeness (QED) is 0.311. The number of rotatable bonds is 3. The molecule has 0 saturated heterocycles. The van der Waals surface area contributed by atoms with Crippen LogP contribution in [0.15, 0.2) is 101 Å². The average Bonchev–Trinajstić information content (AvgIpc) is 3.22. The largest absolute Gasteiger partial charge is 0.456 e. The maximum atomic E-state index is 5.95. The van der Waals surface area contributed by atoms with E-state index in [1.54, 1.807) is 0 Å². The van der Waals surface area contributed by atoms with Crippen molar-refractivity contribution in [3.05, 3.63) is 103 Å². The van der Waals surface area contributed by atoms with Gasteiger partial charge in [-0.25, -0.2) is 15.0 Å². The first-order chi connectivity index (χ1) is 15.7. The van der Waals surface area contributed by atoms with Crippen LogP contribution in [0.4, 0.5) is 0 Å². The molecule has 0 spiro atoms. The lowest BCUT2D eigenvalue weighted by atomic mass is 10.0. The molecule has 0 N–H and O–H groups in total. The fourth-order valence-corrected chi connectivity index (χ4v) is 4.05. The zero-order valence-electron chi connectivity index (χ0n) is 17.5. The molecule has 0 aliphatic carbocycles. The smallest absolute Gasteiger partial charge is 0.163 e. The van der Waals surface area contributed by atoms with Gasteiger partial charge in [-0.3, -0.25) is 0 Å². The number of aromatic nitrogens is 3. The lowest BCUT2D eigenvalue weighted by Gasteiger charge is -2.07. The summed E-state index contributed by atoms with van der Waals surface area (Å²) in [6.45, 7) is 1.90.